The van der Waals surface area contributed by atoms with Gasteiger partial charge in [-0.1, -0.05) is 85.7 Å². The summed E-state index contributed by atoms with van der Waals surface area (Å²) in [5.41, 5.74) is 2.21. The quantitative estimate of drug-likeness (QED) is 0.825. The van der Waals surface area contributed by atoms with Crippen molar-refractivity contribution in [2.24, 2.45) is 5.92 Å². The monoisotopic (exact) mass is 325 g/mol. The molecule has 3 heteroatoms. The van der Waals surface area contributed by atoms with E-state index in [1.54, 1.807) is 0 Å². The van der Waals surface area contributed by atoms with E-state index < -0.39 is 0 Å². The highest BCUT2D eigenvalue weighted by Gasteiger charge is 2.32. The van der Waals surface area contributed by atoms with E-state index >= 15 is 0 Å². The molecule has 0 heterocycles. The molecule has 1 aliphatic rings. The third-order valence-electron chi connectivity index (χ3n) is 4.69. The predicted octanol–water partition coefficient (Wildman–Crippen LogP) is 4.24. The summed E-state index contributed by atoms with van der Waals surface area (Å²) >= 11 is 5.61. The fraction of sp³-hybridized carbons (Fsp3) is 0.350. The molecule has 0 aliphatic heterocycles. The molecule has 1 saturated carbocycles. The van der Waals surface area contributed by atoms with Gasteiger partial charge in [-0.15, -0.1) is 0 Å². The predicted molar refractivity (Wildman–Crippen MR) is 98.4 cm³/mol. The SMILES string of the molecule is OC1CCCCC1C(NC(=S)c1ccccc1)c1ccccc1. The number of hydrogen-bond acceptors (Lipinski definition) is 2. The smallest absolute Gasteiger partial charge is 0.107 e. The van der Waals surface area contributed by atoms with Gasteiger partial charge in [0.1, 0.15) is 4.99 Å². The Labute approximate surface area is 143 Å². The standard InChI is InChI=1S/C20H23NOS/c22-18-14-8-7-13-17(18)19(15-9-3-1-4-10-15)21-20(23)16-11-5-2-6-12-16/h1-6,9-12,17-19,22H,7-8,13-14H2,(H,21,23). The van der Waals surface area contributed by atoms with Gasteiger partial charge in [0.15, 0.2) is 0 Å². The molecule has 0 saturated heterocycles. The first kappa shape index (κ1) is 16.2. The van der Waals surface area contributed by atoms with Crippen LogP contribution in [0.4, 0.5) is 0 Å². The number of aliphatic hydroxyl groups excluding tert-OH is 1. The lowest BCUT2D eigenvalue weighted by Gasteiger charge is -2.35. The minimum absolute atomic E-state index is 0.0548. The molecule has 2 nitrogen and oxygen atoms in total. The molecule has 1 aliphatic carbocycles. The highest BCUT2D eigenvalue weighted by atomic mass is 32.1. The Balaban J connectivity index is 1.85. The molecule has 0 bridgehead atoms. The Morgan fingerprint density at radius 3 is 2.22 bits per heavy atom. The van der Waals surface area contributed by atoms with Crippen molar-refractivity contribution in [1.82, 2.24) is 5.32 Å². The summed E-state index contributed by atoms with van der Waals surface area (Å²) in [6, 6.07) is 20.4. The first-order valence-electron chi connectivity index (χ1n) is 8.34. The van der Waals surface area contributed by atoms with Crippen LogP contribution in [0.25, 0.3) is 0 Å². The summed E-state index contributed by atoms with van der Waals surface area (Å²) in [6.07, 6.45) is 3.94. The van der Waals surface area contributed by atoms with E-state index in [-0.39, 0.29) is 18.1 Å². The maximum atomic E-state index is 10.5. The Hall–Kier alpha value is -1.71. The van der Waals surface area contributed by atoms with Crippen molar-refractivity contribution < 1.29 is 5.11 Å². The minimum Gasteiger partial charge on any atom is -0.393 e. The summed E-state index contributed by atoms with van der Waals surface area (Å²) < 4.78 is 0. The van der Waals surface area contributed by atoms with Gasteiger partial charge in [0, 0.05) is 11.5 Å². The summed E-state index contributed by atoms with van der Waals surface area (Å²) in [5, 5.41) is 14.0. The molecule has 3 atom stereocenters. The van der Waals surface area contributed by atoms with E-state index in [4.69, 9.17) is 12.2 Å². The molecule has 2 aromatic carbocycles. The van der Waals surface area contributed by atoms with Gasteiger partial charge >= 0.3 is 0 Å². The van der Waals surface area contributed by atoms with Gasteiger partial charge in [0.05, 0.1) is 12.1 Å². The highest BCUT2D eigenvalue weighted by Crippen LogP contribution is 2.35. The van der Waals surface area contributed by atoms with Crippen molar-refractivity contribution >= 4 is 17.2 Å². The Kier molecular flexibility index (Phi) is 5.42. The van der Waals surface area contributed by atoms with Gasteiger partial charge in [-0.2, -0.15) is 0 Å². The minimum atomic E-state index is -0.264. The second-order valence-corrected chi connectivity index (χ2v) is 6.65. The van der Waals surface area contributed by atoms with E-state index in [0.29, 0.717) is 0 Å². The van der Waals surface area contributed by atoms with E-state index in [1.165, 1.54) is 12.0 Å². The van der Waals surface area contributed by atoms with Crippen LogP contribution in [0, 0.1) is 5.92 Å². The lowest BCUT2D eigenvalue weighted by molar-refractivity contribution is 0.0519. The summed E-state index contributed by atoms with van der Waals surface area (Å²) in [7, 11) is 0. The fourth-order valence-electron chi connectivity index (χ4n) is 3.44. The maximum absolute atomic E-state index is 10.5. The fourth-order valence-corrected chi connectivity index (χ4v) is 3.70. The first-order valence-corrected chi connectivity index (χ1v) is 8.75. The molecule has 2 N–H and O–H groups in total. The molecule has 1 fully saturated rings. The number of rotatable bonds is 4. The second-order valence-electron chi connectivity index (χ2n) is 6.24. The number of benzene rings is 2. The molecule has 0 spiro atoms. The third-order valence-corrected chi connectivity index (χ3v) is 5.04. The van der Waals surface area contributed by atoms with Crippen LogP contribution in [-0.2, 0) is 0 Å². The van der Waals surface area contributed by atoms with E-state index in [0.717, 1.165) is 29.8 Å². The third kappa shape index (κ3) is 3.98. The van der Waals surface area contributed by atoms with E-state index in [1.807, 2.05) is 48.5 Å². The number of nitrogens with one attached hydrogen (secondary N) is 1. The molecule has 2 aromatic rings. The van der Waals surface area contributed by atoms with Crippen LogP contribution >= 0.6 is 12.2 Å². The summed E-state index contributed by atoms with van der Waals surface area (Å²) in [5.74, 6) is 0.202. The topological polar surface area (TPSA) is 32.3 Å². The maximum Gasteiger partial charge on any atom is 0.107 e. The van der Waals surface area contributed by atoms with Crippen molar-refractivity contribution in [2.45, 2.75) is 37.8 Å². The lowest BCUT2D eigenvalue weighted by Crippen LogP contribution is -2.39. The Morgan fingerprint density at radius 2 is 1.57 bits per heavy atom. The van der Waals surface area contributed by atoms with Gasteiger partial charge in [-0.05, 0) is 18.4 Å². The van der Waals surface area contributed by atoms with Crippen LogP contribution in [0.15, 0.2) is 60.7 Å². The first-order chi connectivity index (χ1) is 11.3. The van der Waals surface area contributed by atoms with Crippen molar-refractivity contribution in [3.8, 4) is 0 Å². The van der Waals surface area contributed by atoms with Gasteiger partial charge in [-0.3, -0.25) is 0 Å². The average Bonchev–Trinajstić information content (AvgIpc) is 2.62. The van der Waals surface area contributed by atoms with E-state index in [9.17, 15) is 5.11 Å². The molecular formula is C20H23NOS. The van der Waals surface area contributed by atoms with Gasteiger partial charge < -0.3 is 10.4 Å². The van der Waals surface area contributed by atoms with E-state index in [2.05, 4.69) is 17.4 Å². The number of hydrogen-bond donors (Lipinski definition) is 2. The van der Waals surface area contributed by atoms with Crippen molar-refractivity contribution in [3.63, 3.8) is 0 Å². The zero-order valence-electron chi connectivity index (χ0n) is 13.2. The lowest BCUT2D eigenvalue weighted by atomic mass is 9.79. The molecule has 3 unspecified atom stereocenters. The zero-order chi connectivity index (χ0) is 16.1. The summed E-state index contributed by atoms with van der Waals surface area (Å²) in [4.78, 5) is 0.747. The van der Waals surface area contributed by atoms with Crippen LogP contribution in [0.3, 0.4) is 0 Å². The largest absolute Gasteiger partial charge is 0.393 e. The van der Waals surface area contributed by atoms with Crippen LogP contribution in [0.5, 0.6) is 0 Å². The molecule has 0 aromatic heterocycles. The van der Waals surface area contributed by atoms with Crippen molar-refractivity contribution in [2.75, 3.05) is 0 Å². The van der Waals surface area contributed by atoms with Crippen LogP contribution in [-0.4, -0.2) is 16.2 Å². The molecule has 120 valence electrons. The average molecular weight is 325 g/mol. The number of thiocarbonyl (C=S) groups is 1. The van der Waals surface area contributed by atoms with Crippen LogP contribution < -0.4 is 5.32 Å². The normalized spacial score (nSPS) is 22.3. The van der Waals surface area contributed by atoms with Gasteiger partial charge in [0.2, 0.25) is 0 Å². The van der Waals surface area contributed by atoms with Crippen LogP contribution in [0.1, 0.15) is 42.9 Å². The molecular weight excluding hydrogens is 302 g/mol. The number of aliphatic hydroxyl groups is 1. The molecule has 23 heavy (non-hydrogen) atoms. The zero-order valence-corrected chi connectivity index (χ0v) is 14.0. The Morgan fingerprint density at radius 1 is 0.957 bits per heavy atom. The van der Waals surface area contributed by atoms with Gasteiger partial charge in [0.25, 0.3) is 0 Å². The molecule has 0 amide bonds. The Bertz CT molecular complexity index is 629. The molecule has 3 rings (SSSR count). The molecule has 0 radical (unpaired) electrons. The second kappa shape index (κ2) is 7.71. The summed E-state index contributed by atoms with van der Waals surface area (Å²) in [6.45, 7) is 0. The van der Waals surface area contributed by atoms with Gasteiger partial charge in [-0.25, -0.2) is 0 Å². The van der Waals surface area contributed by atoms with Crippen LogP contribution in [0.2, 0.25) is 0 Å². The highest BCUT2D eigenvalue weighted by molar-refractivity contribution is 7.80. The van der Waals surface area contributed by atoms with Crippen molar-refractivity contribution in [1.29, 1.82) is 0 Å². The van der Waals surface area contributed by atoms with Crippen molar-refractivity contribution in [3.05, 3.63) is 71.8 Å².